The minimum Gasteiger partial charge on any atom is -0.352 e. The van der Waals surface area contributed by atoms with Gasteiger partial charge in [0.15, 0.2) is 0 Å². The van der Waals surface area contributed by atoms with E-state index in [2.05, 4.69) is 5.32 Å². The lowest BCUT2D eigenvalue weighted by atomic mass is 10.2. The molecule has 88 valence electrons. The van der Waals surface area contributed by atoms with Crippen molar-refractivity contribution in [3.63, 3.8) is 0 Å². The van der Waals surface area contributed by atoms with Crippen LogP contribution < -0.4 is 16.6 Å². The van der Waals surface area contributed by atoms with E-state index < -0.39 is 0 Å². The standard InChI is InChI=1S/C11H17N3O2/c1-14-7-4-9(8-10(14)15)11(16)13-6-3-2-5-12/h4,7-8H,2-3,5-6,12H2,1H3,(H,13,16). The molecule has 5 heteroatoms. The molecule has 0 saturated heterocycles. The van der Waals surface area contributed by atoms with Crippen molar-refractivity contribution < 1.29 is 4.79 Å². The summed E-state index contributed by atoms with van der Waals surface area (Å²) >= 11 is 0. The van der Waals surface area contributed by atoms with Crippen LogP contribution in [0.5, 0.6) is 0 Å². The summed E-state index contributed by atoms with van der Waals surface area (Å²) in [6.45, 7) is 1.22. The van der Waals surface area contributed by atoms with Crippen molar-refractivity contribution in [2.75, 3.05) is 13.1 Å². The van der Waals surface area contributed by atoms with Crippen LogP contribution in [0.3, 0.4) is 0 Å². The number of nitrogens with zero attached hydrogens (tertiary/aromatic N) is 1. The summed E-state index contributed by atoms with van der Waals surface area (Å²) in [4.78, 5) is 22.9. The van der Waals surface area contributed by atoms with Gasteiger partial charge in [0.05, 0.1) is 0 Å². The van der Waals surface area contributed by atoms with E-state index >= 15 is 0 Å². The Labute approximate surface area is 94.3 Å². The lowest BCUT2D eigenvalue weighted by Crippen LogP contribution is -2.27. The number of aromatic nitrogens is 1. The number of rotatable bonds is 5. The molecule has 0 spiro atoms. The van der Waals surface area contributed by atoms with Crippen molar-refractivity contribution in [2.24, 2.45) is 12.8 Å². The Morgan fingerprint density at radius 1 is 1.50 bits per heavy atom. The van der Waals surface area contributed by atoms with E-state index in [0.717, 1.165) is 12.8 Å². The van der Waals surface area contributed by atoms with Gasteiger partial charge in [-0.15, -0.1) is 0 Å². The number of aryl methyl sites for hydroxylation is 1. The van der Waals surface area contributed by atoms with Gasteiger partial charge >= 0.3 is 0 Å². The summed E-state index contributed by atoms with van der Waals surface area (Å²) in [5.41, 5.74) is 5.55. The molecule has 16 heavy (non-hydrogen) atoms. The number of carbonyl (C=O) groups excluding carboxylic acids is 1. The van der Waals surface area contributed by atoms with Gasteiger partial charge in [-0.1, -0.05) is 0 Å². The Balaban J connectivity index is 2.53. The third-order valence-electron chi connectivity index (χ3n) is 2.28. The summed E-state index contributed by atoms with van der Waals surface area (Å²) in [6, 6.07) is 2.96. The number of nitrogens with one attached hydrogen (secondary N) is 1. The zero-order valence-corrected chi connectivity index (χ0v) is 9.40. The maximum absolute atomic E-state index is 11.6. The van der Waals surface area contributed by atoms with E-state index in [4.69, 9.17) is 5.73 Å². The van der Waals surface area contributed by atoms with Crippen molar-refractivity contribution in [3.05, 3.63) is 34.2 Å². The van der Waals surface area contributed by atoms with Crippen LogP contribution in [-0.2, 0) is 7.05 Å². The number of hydrogen-bond donors (Lipinski definition) is 2. The molecule has 5 nitrogen and oxygen atoms in total. The highest BCUT2D eigenvalue weighted by molar-refractivity contribution is 5.93. The second-order valence-electron chi connectivity index (χ2n) is 3.62. The molecule has 0 saturated carbocycles. The molecular weight excluding hydrogens is 206 g/mol. The largest absolute Gasteiger partial charge is 0.352 e. The van der Waals surface area contributed by atoms with Crippen molar-refractivity contribution in [3.8, 4) is 0 Å². The predicted octanol–water partition coefficient (Wildman–Crippen LogP) is -0.146. The minimum absolute atomic E-state index is 0.186. The van der Waals surface area contributed by atoms with Gasteiger partial charge in [0.25, 0.3) is 11.5 Å². The van der Waals surface area contributed by atoms with Crippen molar-refractivity contribution in [1.29, 1.82) is 0 Å². The Bertz CT molecular complexity index is 412. The zero-order valence-electron chi connectivity index (χ0n) is 9.40. The van der Waals surface area contributed by atoms with Crippen molar-refractivity contribution in [2.45, 2.75) is 12.8 Å². The molecule has 0 aromatic carbocycles. The fourth-order valence-corrected chi connectivity index (χ4v) is 1.26. The molecule has 1 rings (SSSR count). The van der Waals surface area contributed by atoms with E-state index in [-0.39, 0.29) is 11.5 Å². The second kappa shape index (κ2) is 6.07. The molecule has 1 aromatic heterocycles. The first kappa shape index (κ1) is 12.4. The van der Waals surface area contributed by atoms with E-state index in [1.54, 1.807) is 19.3 Å². The molecule has 0 bridgehead atoms. The van der Waals surface area contributed by atoms with Gasteiger partial charge in [0.2, 0.25) is 0 Å². The van der Waals surface area contributed by atoms with Crippen LogP contribution in [0.1, 0.15) is 23.2 Å². The fraction of sp³-hybridized carbons (Fsp3) is 0.455. The molecule has 1 amide bonds. The van der Waals surface area contributed by atoms with Crippen LogP contribution in [0, 0.1) is 0 Å². The second-order valence-corrected chi connectivity index (χ2v) is 3.62. The van der Waals surface area contributed by atoms with Gasteiger partial charge in [-0.3, -0.25) is 9.59 Å². The maximum Gasteiger partial charge on any atom is 0.251 e. The molecule has 0 radical (unpaired) electrons. The van der Waals surface area contributed by atoms with Crippen molar-refractivity contribution in [1.82, 2.24) is 9.88 Å². The van der Waals surface area contributed by atoms with Crippen LogP contribution >= 0.6 is 0 Å². The van der Waals surface area contributed by atoms with Gasteiger partial charge in [-0.05, 0) is 25.5 Å². The van der Waals surface area contributed by atoms with E-state index in [0.29, 0.717) is 18.7 Å². The highest BCUT2D eigenvalue weighted by atomic mass is 16.2. The number of hydrogen-bond acceptors (Lipinski definition) is 3. The topological polar surface area (TPSA) is 77.1 Å². The SMILES string of the molecule is Cn1ccc(C(=O)NCCCCN)cc1=O. The Kier molecular flexibility index (Phi) is 4.72. The summed E-state index contributed by atoms with van der Waals surface area (Å²) in [6.07, 6.45) is 3.32. The first-order valence-electron chi connectivity index (χ1n) is 5.30. The third kappa shape index (κ3) is 3.51. The lowest BCUT2D eigenvalue weighted by Gasteiger charge is -2.04. The zero-order chi connectivity index (χ0) is 12.0. The highest BCUT2D eigenvalue weighted by Gasteiger charge is 2.05. The number of pyridine rings is 1. The van der Waals surface area contributed by atoms with Crippen LogP contribution in [0.4, 0.5) is 0 Å². The summed E-state index contributed by atoms with van der Waals surface area (Å²) in [5.74, 6) is -0.213. The lowest BCUT2D eigenvalue weighted by molar-refractivity contribution is 0.0952. The van der Waals surface area contributed by atoms with E-state index in [1.807, 2.05) is 0 Å². The van der Waals surface area contributed by atoms with Gasteiger partial charge < -0.3 is 15.6 Å². The average Bonchev–Trinajstić information content (AvgIpc) is 2.28. The Morgan fingerprint density at radius 3 is 2.88 bits per heavy atom. The number of carbonyl (C=O) groups is 1. The van der Waals surface area contributed by atoms with Gasteiger partial charge in [0.1, 0.15) is 0 Å². The summed E-state index contributed by atoms with van der Waals surface area (Å²) in [5, 5.41) is 2.74. The van der Waals surface area contributed by atoms with Gasteiger partial charge in [0, 0.05) is 31.4 Å². The smallest absolute Gasteiger partial charge is 0.251 e. The van der Waals surface area contributed by atoms with Gasteiger partial charge in [-0.2, -0.15) is 0 Å². The van der Waals surface area contributed by atoms with Crippen LogP contribution in [0.2, 0.25) is 0 Å². The molecule has 0 unspecified atom stereocenters. The molecule has 0 aliphatic heterocycles. The normalized spacial score (nSPS) is 10.1. The fourth-order valence-electron chi connectivity index (χ4n) is 1.26. The van der Waals surface area contributed by atoms with E-state index in [1.165, 1.54) is 10.6 Å². The molecule has 1 heterocycles. The first-order chi connectivity index (χ1) is 7.65. The molecule has 0 aliphatic carbocycles. The number of amides is 1. The Morgan fingerprint density at radius 2 is 2.25 bits per heavy atom. The highest BCUT2D eigenvalue weighted by Crippen LogP contribution is 1.94. The molecule has 1 aromatic rings. The molecule has 0 atom stereocenters. The predicted molar refractivity (Wildman–Crippen MR) is 62.3 cm³/mol. The third-order valence-corrected chi connectivity index (χ3v) is 2.28. The summed E-state index contributed by atoms with van der Waals surface area (Å²) in [7, 11) is 1.64. The number of nitrogens with two attached hydrogens (primary N) is 1. The summed E-state index contributed by atoms with van der Waals surface area (Å²) < 4.78 is 1.42. The molecule has 0 fully saturated rings. The minimum atomic E-state index is -0.213. The Hall–Kier alpha value is -1.62. The van der Waals surface area contributed by atoms with Crippen LogP contribution in [-0.4, -0.2) is 23.6 Å². The molecular formula is C11H17N3O2. The van der Waals surface area contributed by atoms with Crippen LogP contribution in [0.25, 0.3) is 0 Å². The van der Waals surface area contributed by atoms with Crippen LogP contribution in [0.15, 0.2) is 23.1 Å². The molecule has 3 N–H and O–H groups in total. The van der Waals surface area contributed by atoms with Gasteiger partial charge in [-0.25, -0.2) is 0 Å². The van der Waals surface area contributed by atoms with E-state index in [9.17, 15) is 9.59 Å². The number of unbranched alkanes of at least 4 members (excludes halogenated alkanes) is 1. The van der Waals surface area contributed by atoms with Crippen molar-refractivity contribution >= 4 is 5.91 Å². The molecule has 0 aliphatic rings. The quantitative estimate of drug-likeness (QED) is 0.682. The monoisotopic (exact) mass is 223 g/mol. The maximum atomic E-state index is 11.6. The first-order valence-corrected chi connectivity index (χ1v) is 5.30. The average molecular weight is 223 g/mol.